The number of ether oxygens (including phenoxy) is 2. The van der Waals surface area contributed by atoms with Gasteiger partial charge >= 0.3 is 5.97 Å². The molecule has 0 saturated heterocycles. The first-order valence-corrected chi connectivity index (χ1v) is 5.76. The highest BCUT2D eigenvalue weighted by atomic mass is 16.5. The van der Waals surface area contributed by atoms with Gasteiger partial charge in [-0.1, -0.05) is 0 Å². The first-order valence-electron chi connectivity index (χ1n) is 5.76. The number of rotatable bonds is 7. The lowest BCUT2D eigenvalue weighted by molar-refractivity contribution is 0.0505. The van der Waals surface area contributed by atoms with Gasteiger partial charge in [0.1, 0.15) is 5.82 Å². The minimum absolute atomic E-state index is 0.279. The first-order chi connectivity index (χ1) is 8.20. The molecular weight excluding hydrogens is 222 g/mol. The number of aryl methyl sites for hydroxylation is 1. The molecule has 0 spiro atoms. The molecule has 0 aliphatic heterocycles. The standard InChI is InChI=1S/C11H19N3O3/c1-4-17-11(15)10-13-12-9(2)14(10)7-5-6-8-16-3/h4-8H2,1-3H3. The average molecular weight is 241 g/mol. The lowest BCUT2D eigenvalue weighted by atomic mass is 10.3. The highest BCUT2D eigenvalue weighted by Gasteiger charge is 2.17. The van der Waals surface area contributed by atoms with Gasteiger partial charge in [-0.05, 0) is 26.7 Å². The smallest absolute Gasteiger partial charge is 0.376 e. The van der Waals surface area contributed by atoms with Crippen LogP contribution in [0.1, 0.15) is 36.2 Å². The van der Waals surface area contributed by atoms with E-state index >= 15 is 0 Å². The van der Waals surface area contributed by atoms with Crippen LogP contribution in [0.5, 0.6) is 0 Å². The number of aromatic nitrogens is 3. The van der Waals surface area contributed by atoms with Gasteiger partial charge in [0.05, 0.1) is 6.61 Å². The summed E-state index contributed by atoms with van der Waals surface area (Å²) in [4.78, 5) is 11.6. The highest BCUT2D eigenvalue weighted by Crippen LogP contribution is 2.06. The van der Waals surface area contributed by atoms with Gasteiger partial charge in [-0.25, -0.2) is 4.79 Å². The highest BCUT2D eigenvalue weighted by molar-refractivity contribution is 5.85. The molecule has 96 valence electrons. The molecule has 17 heavy (non-hydrogen) atoms. The fourth-order valence-corrected chi connectivity index (χ4v) is 1.51. The molecule has 1 rings (SSSR count). The normalized spacial score (nSPS) is 10.5. The van der Waals surface area contributed by atoms with Gasteiger partial charge in [0.15, 0.2) is 0 Å². The third-order valence-electron chi connectivity index (χ3n) is 2.37. The fraction of sp³-hybridized carbons (Fsp3) is 0.727. The van der Waals surface area contributed by atoms with Crippen molar-refractivity contribution in [1.29, 1.82) is 0 Å². The van der Waals surface area contributed by atoms with Crippen molar-refractivity contribution in [3.63, 3.8) is 0 Å². The summed E-state index contributed by atoms with van der Waals surface area (Å²) in [6, 6.07) is 0. The van der Waals surface area contributed by atoms with Crippen LogP contribution in [0.15, 0.2) is 0 Å². The van der Waals surface area contributed by atoms with Crippen LogP contribution in [0.25, 0.3) is 0 Å². The summed E-state index contributed by atoms with van der Waals surface area (Å²) < 4.78 is 11.7. The van der Waals surface area contributed by atoms with Crippen molar-refractivity contribution >= 4 is 5.97 Å². The van der Waals surface area contributed by atoms with Crippen molar-refractivity contribution in [2.75, 3.05) is 20.3 Å². The van der Waals surface area contributed by atoms with Gasteiger partial charge in [0.2, 0.25) is 5.82 Å². The van der Waals surface area contributed by atoms with Crippen molar-refractivity contribution in [2.24, 2.45) is 0 Å². The van der Waals surface area contributed by atoms with E-state index in [1.165, 1.54) is 0 Å². The van der Waals surface area contributed by atoms with Crippen LogP contribution in [0, 0.1) is 6.92 Å². The zero-order valence-corrected chi connectivity index (χ0v) is 10.6. The maximum absolute atomic E-state index is 11.6. The number of nitrogens with zero attached hydrogens (tertiary/aromatic N) is 3. The van der Waals surface area contributed by atoms with Crippen LogP contribution in [-0.4, -0.2) is 41.1 Å². The van der Waals surface area contributed by atoms with Crippen molar-refractivity contribution in [3.8, 4) is 0 Å². The monoisotopic (exact) mass is 241 g/mol. The van der Waals surface area contributed by atoms with Crippen LogP contribution >= 0.6 is 0 Å². The van der Waals surface area contributed by atoms with E-state index < -0.39 is 5.97 Å². The maximum atomic E-state index is 11.6. The Balaban J connectivity index is 2.63. The Labute approximate surface area is 101 Å². The average Bonchev–Trinajstić information content (AvgIpc) is 2.67. The van der Waals surface area contributed by atoms with Crippen LogP contribution in [0.2, 0.25) is 0 Å². The lowest BCUT2D eigenvalue weighted by Crippen LogP contribution is -2.14. The number of carbonyl (C=O) groups excluding carboxylic acids is 1. The van der Waals surface area contributed by atoms with E-state index in [4.69, 9.17) is 9.47 Å². The third-order valence-corrected chi connectivity index (χ3v) is 2.37. The van der Waals surface area contributed by atoms with Crippen LogP contribution in [0.4, 0.5) is 0 Å². The third kappa shape index (κ3) is 3.81. The summed E-state index contributed by atoms with van der Waals surface area (Å²) in [5.74, 6) is 0.590. The Hall–Kier alpha value is -1.43. The van der Waals surface area contributed by atoms with Crippen molar-refractivity contribution in [3.05, 3.63) is 11.6 Å². The summed E-state index contributed by atoms with van der Waals surface area (Å²) in [5, 5.41) is 7.74. The number of unbranched alkanes of at least 4 members (excludes halogenated alkanes) is 1. The second kappa shape index (κ2) is 7.01. The second-order valence-electron chi connectivity index (χ2n) is 3.64. The minimum atomic E-state index is -0.417. The molecule has 0 aliphatic rings. The van der Waals surface area contributed by atoms with Crippen molar-refractivity contribution in [1.82, 2.24) is 14.8 Å². The lowest BCUT2D eigenvalue weighted by Gasteiger charge is -2.07. The summed E-state index contributed by atoms with van der Waals surface area (Å²) in [5.41, 5.74) is 0. The molecule has 1 aromatic heterocycles. The van der Waals surface area contributed by atoms with Crippen molar-refractivity contribution in [2.45, 2.75) is 33.2 Å². The molecule has 0 saturated carbocycles. The number of hydrogen-bond acceptors (Lipinski definition) is 5. The summed E-state index contributed by atoms with van der Waals surface area (Å²) in [7, 11) is 1.67. The largest absolute Gasteiger partial charge is 0.460 e. The Bertz CT molecular complexity index is 363. The SMILES string of the molecule is CCOC(=O)c1nnc(C)n1CCCCOC. The number of methoxy groups -OCH3 is 1. The van der Waals surface area contributed by atoms with Crippen LogP contribution in [-0.2, 0) is 16.0 Å². The summed E-state index contributed by atoms with van der Waals surface area (Å²) in [6.45, 7) is 5.36. The predicted molar refractivity (Wildman–Crippen MR) is 61.8 cm³/mol. The quantitative estimate of drug-likeness (QED) is 0.530. The molecule has 6 heteroatoms. The van der Waals surface area contributed by atoms with Gasteiger partial charge in [-0.2, -0.15) is 0 Å². The molecule has 1 heterocycles. The topological polar surface area (TPSA) is 66.2 Å². The van der Waals surface area contributed by atoms with Crippen LogP contribution < -0.4 is 0 Å². The molecule has 0 aromatic carbocycles. The Morgan fingerprint density at radius 3 is 2.76 bits per heavy atom. The van der Waals surface area contributed by atoms with Gasteiger partial charge < -0.3 is 14.0 Å². The predicted octanol–water partition coefficient (Wildman–Crippen LogP) is 1.19. The number of carbonyl (C=O) groups is 1. The molecule has 0 atom stereocenters. The molecule has 0 fully saturated rings. The van der Waals surface area contributed by atoms with E-state index in [0.717, 1.165) is 25.3 Å². The molecule has 0 amide bonds. The molecular formula is C11H19N3O3. The van der Waals surface area contributed by atoms with E-state index in [0.29, 0.717) is 13.2 Å². The van der Waals surface area contributed by atoms with Crippen molar-refractivity contribution < 1.29 is 14.3 Å². The Morgan fingerprint density at radius 1 is 1.35 bits per heavy atom. The van der Waals surface area contributed by atoms with E-state index in [2.05, 4.69) is 10.2 Å². The van der Waals surface area contributed by atoms with E-state index in [-0.39, 0.29) is 5.82 Å². The summed E-state index contributed by atoms with van der Waals surface area (Å²) >= 11 is 0. The zero-order chi connectivity index (χ0) is 12.7. The maximum Gasteiger partial charge on any atom is 0.376 e. The molecule has 0 unspecified atom stereocenters. The van der Waals surface area contributed by atoms with Gasteiger partial charge in [-0.15, -0.1) is 10.2 Å². The van der Waals surface area contributed by atoms with Gasteiger partial charge in [-0.3, -0.25) is 0 Å². The molecule has 0 N–H and O–H groups in total. The zero-order valence-electron chi connectivity index (χ0n) is 10.6. The Morgan fingerprint density at radius 2 is 2.12 bits per heavy atom. The Kier molecular flexibility index (Phi) is 5.62. The molecule has 0 radical (unpaired) electrons. The molecule has 1 aromatic rings. The van der Waals surface area contributed by atoms with Gasteiger partial charge in [0.25, 0.3) is 0 Å². The van der Waals surface area contributed by atoms with E-state index in [1.54, 1.807) is 18.6 Å². The molecule has 0 bridgehead atoms. The first kappa shape index (κ1) is 13.6. The molecule has 0 aliphatic carbocycles. The van der Waals surface area contributed by atoms with Crippen LogP contribution in [0.3, 0.4) is 0 Å². The summed E-state index contributed by atoms with van der Waals surface area (Å²) in [6.07, 6.45) is 1.86. The van der Waals surface area contributed by atoms with E-state index in [1.807, 2.05) is 6.92 Å². The minimum Gasteiger partial charge on any atom is -0.460 e. The van der Waals surface area contributed by atoms with E-state index in [9.17, 15) is 4.79 Å². The fourth-order valence-electron chi connectivity index (χ4n) is 1.51. The molecule has 6 nitrogen and oxygen atoms in total. The van der Waals surface area contributed by atoms with Gasteiger partial charge in [0, 0.05) is 20.3 Å². The number of hydrogen-bond donors (Lipinski definition) is 0. The second-order valence-corrected chi connectivity index (χ2v) is 3.64. The number of esters is 1.